The molecule has 0 bridgehead atoms. The van der Waals surface area contributed by atoms with E-state index in [9.17, 15) is 10.2 Å². The third-order valence-electron chi connectivity index (χ3n) is 10.7. The van der Waals surface area contributed by atoms with Crippen LogP contribution >= 0.6 is 0 Å². The maximum Gasteiger partial charge on any atom is 0.0758 e. The zero-order chi connectivity index (χ0) is 22.6. The van der Waals surface area contributed by atoms with Crippen LogP contribution in [0.3, 0.4) is 0 Å². The molecule has 2 nitrogen and oxygen atoms in total. The van der Waals surface area contributed by atoms with Crippen LogP contribution in [0.15, 0.2) is 22.8 Å². The van der Waals surface area contributed by atoms with E-state index in [0.29, 0.717) is 17.8 Å². The van der Waals surface area contributed by atoms with Crippen molar-refractivity contribution in [3.8, 4) is 0 Å². The largest absolute Gasteiger partial charge is 0.393 e. The number of rotatable bonds is 5. The molecule has 2 heteroatoms. The molecule has 0 aromatic carbocycles. The monoisotopic (exact) mass is 428 g/mol. The quantitative estimate of drug-likeness (QED) is 0.460. The van der Waals surface area contributed by atoms with Crippen molar-refractivity contribution in [2.24, 2.45) is 40.4 Å². The van der Waals surface area contributed by atoms with E-state index >= 15 is 0 Å². The first-order chi connectivity index (χ1) is 14.6. The first kappa shape index (κ1) is 23.6. The van der Waals surface area contributed by atoms with Crippen molar-refractivity contribution in [2.45, 2.75) is 118 Å². The van der Waals surface area contributed by atoms with Crippen LogP contribution in [0, 0.1) is 40.4 Å². The molecule has 4 aliphatic rings. The molecule has 0 heterocycles. The molecule has 0 amide bonds. The van der Waals surface area contributed by atoms with Crippen molar-refractivity contribution >= 4 is 0 Å². The van der Waals surface area contributed by atoms with Gasteiger partial charge in [-0.15, -0.1) is 0 Å². The van der Waals surface area contributed by atoms with Crippen LogP contribution in [0.25, 0.3) is 0 Å². The molecule has 8 atom stereocenters. The smallest absolute Gasteiger partial charge is 0.0758 e. The van der Waals surface area contributed by atoms with E-state index in [1.807, 2.05) is 0 Å². The van der Waals surface area contributed by atoms with Crippen LogP contribution in [-0.4, -0.2) is 22.4 Å². The van der Waals surface area contributed by atoms with Crippen molar-refractivity contribution < 1.29 is 10.2 Å². The van der Waals surface area contributed by atoms with E-state index in [-0.39, 0.29) is 23.0 Å². The highest BCUT2D eigenvalue weighted by molar-refractivity contribution is 5.37. The van der Waals surface area contributed by atoms with Crippen LogP contribution in [0.2, 0.25) is 0 Å². The van der Waals surface area contributed by atoms with Gasteiger partial charge in [0.2, 0.25) is 0 Å². The van der Waals surface area contributed by atoms with Gasteiger partial charge in [0, 0.05) is 0 Å². The average molecular weight is 429 g/mol. The predicted octanol–water partition coefficient (Wildman–Crippen LogP) is 7.06. The molecule has 0 spiro atoms. The molecule has 3 fully saturated rings. The third kappa shape index (κ3) is 3.88. The maximum absolute atomic E-state index is 11.4. The minimum atomic E-state index is -0.271. The Labute approximate surface area is 191 Å². The molecular weight excluding hydrogens is 380 g/mol. The summed E-state index contributed by atoms with van der Waals surface area (Å²) in [6, 6.07) is 0. The highest BCUT2D eigenvalue weighted by atomic mass is 16.3. The molecule has 3 saturated carbocycles. The second-order valence-electron chi connectivity index (χ2n) is 12.5. The van der Waals surface area contributed by atoms with Crippen LogP contribution in [-0.2, 0) is 0 Å². The Morgan fingerprint density at radius 3 is 2.48 bits per heavy atom. The van der Waals surface area contributed by atoms with Gasteiger partial charge in [0.15, 0.2) is 0 Å². The summed E-state index contributed by atoms with van der Waals surface area (Å²) < 4.78 is 0. The zero-order valence-electron chi connectivity index (χ0n) is 21.1. The van der Waals surface area contributed by atoms with E-state index < -0.39 is 0 Å². The van der Waals surface area contributed by atoms with E-state index in [2.05, 4.69) is 47.6 Å². The van der Waals surface area contributed by atoms with Gasteiger partial charge in [-0.1, -0.05) is 51.8 Å². The van der Waals surface area contributed by atoms with Gasteiger partial charge in [-0.2, -0.15) is 0 Å². The fourth-order valence-electron chi connectivity index (χ4n) is 8.76. The molecule has 31 heavy (non-hydrogen) atoms. The summed E-state index contributed by atoms with van der Waals surface area (Å²) in [6.45, 7) is 14.4. The van der Waals surface area contributed by atoms with Crippen molar-refractivity contribution in [1.29, 1.82) is 0 Å². The lowest BCUT2D eigenvalue weighted by Crippen LogP contribution is -2.52. The van der Waals surface area contributed by atoms with E-state index in [1.54, 1.807) is 11.1 Å². The normalized spacial score (nSPS) is 44.2. The minimum Gasteiger partial charge on any atom is -0.393 e. The summed E-state index contributed by atoms with van der Waals surface area (Å²) >= 11 is 0. The summed E-state index contributed by atoms with van der Waals surface area (Å²) in [5.41, 5.74) is 5.31. The van der Waals surface area contributed by atoms with Gasteiger partial charge < -0.3 is 10.2 Å². The maximum atomic E-state index is 11.4. The molecule has 0 saturated heterocycles. The summed E-state index contributed by atoms with van der Waals surface area (Å²) in [7, 11) is 0. The van der Waals surface area contributed by atoms with Gasteiger partial charge in [0.25, 0.3) is 0 Å². The van der Waals surface area contributed by atoms with Gasteiger partial charge in [0.05, 0.1) is 12.2 Å². The van der Waals surface area contributed by atoms with Crippen molar-refractivity contribution in [2.75, 3.05) is 0 Å². The first-order valence-corrected chi connectivity index (χ1v) is 13.4. The second kappa shape index (κ2) is 8.64. The minimum absolute atomic E-state index is 0.155. The van der Waals surface area contributed by atoms with E-state index in [4.69, 9.17) is 0 Å². The Hall–Kier alpha value is -0.600. The Morgan fingerprint density at radius 2 is 1.81 bits per heavy atom. The molecular formula is C29H48O2. The van der Waals surface area contributed by atoms with Gasteiger partial charge in [-0.25, -0.2) is 0 Å². The lowest BCUT2D eigenvalue weighted by atomic mass is 9.48. The van der Waals surface area contributed by atoms with Crippen molar-refractivity contribution in [1.82, 2.24) is 0 Å². The molecule has 2 unspecified atom stereocenters. The summed E-state index contributed by atoms with van der Waals surface area (Å²) in [6.07, 6.45) is 13.3. The van der Waals surface area contributed by atoms with Crippen molar-refractivity contribution in [3.63, 3.8) is 0 Å². The van der Waals surface area contributed by atoms with Crippen LogP contribution in [0.5, 0.6) is 0 Å². The molecule has 2 N–H and O–H groups in total. The molecule has 176 valence electrons. The number of hydrogen-bond acceptors (Lipinski definition) is 2. The fourth-order valence-corrected chi connectivity index (χ4v) is 8.76. The number of aliphatic hydroxyl groups is 2. The second-order valence-corrected chi connectivity index (χ2v) is 12.5. The number of aliphatic hydroxyl groups excluding tert-OH is 2. The Kier molecular flexibility index (Phi) is 6.56. The highest BCUT2D eigenvalue weighted by Crippen LogP contribution is 2.65. The topological polar surface area (TPSA) is 40.5 Å². The lowest BCUT2D eigenvalue weighted by Gasteiger charge is -2.58. The lowest BCUT2D eigenvalue weighted by molar-refractivity contribution is -0.0664. The summed E-state index contributed by atoms with van der Waals surface area (Å²) in [4.78, 5) is 0. The van der Waals surface area contributed by atoms with Crippen molar-refractivity contribution in [3.05, 3.63) is 22.8 Å². The number of allylic oxidation sites excluding steroid dienone is 3. The van der Waals surface area contributed by atoms with Gasteiger partial charge in [0.1, 0.15) is 0 Å². The molecule has 0 radical (unpaired) electrons. The average Bonchev–Trinajstić information content (AvgIpc) is 3.06. The zero-order valence-corrected chi connectivity index (χ0v) is 21.1. The predicted molar refractivity (Wildman–Crippen MR) is 130 cm³/mol. The van der Waals surface area contributed by atoms with E-state index in [1.165, 1.54) is 44.1 Å². The van der Waals surface area contributed by atoms with Crippen LogP contribution in [0.1, 0.15) is 106 Å². The van der Waals surface area contributed by atoms with E-state index in [0.717, 1.165) is 37.5 Å². The molecule has 4 rings (SSSR count). The highest BCUT2D eigenvalue weighted by Gasteiger charge is 2.57. The third-order valence-corrected chi connectivity index (χ3v) is 10.7. The number of hydrogen-bond donors (Lipinski definition) is 2. The SMILES string of the molecule is C/C=C(\CC[C@@H](C)[C@H]1CCC2=C3C(CC[C@@]21C)[C@@]1(C)CC[C@H](O)CC1C[C@H]3O)C(C)C. The molecule has 0 aromatic heterocycles. The molecule has 0 aromatic rings. The van der Waals surface area contributed by atoms with Crippen LogP contribution in [0.4, 0.5) is 0 Å². The van der Waals surface area contributed by atoms with Crippen LogP contribution < -0.4 is 0 Å². The standard InChI is InChI=1S/C29H48O2/c1-7-20(18(2)3)9-8-19(4)23-10-11-24-27-25(13-15-29(23,24)6)28(5)14-12-22(30)16-21(28)17-26(27)31/h7,18-19,21-23,25-26,30-31H,8-17H2,1-6H3/b20-7+/t19-,21?,22+,23-,25?,26-,28+,29-/m1/s1. The Bertz CT molecular complexity index is 733. The van der Waals surface area contributed by atoms with Gasteiger partial charge in [-0.3, -0.25) is 0 Å². The summed E-state index contributed by atoms with van der Waals surface area (Å²) in [5.74, 6) is 3.18. The van der Waals surface area contributed by atoms with Gasteiger partial charge in [-0.05, 0) is 117 Å². The first-order valence-electron chi connectivity index (χ1n) is 13.4. The fraction of sp³-hybridized carbons (Fsp3) is 0.862. The number of fused-ring (bicyclic) bond motifs is 4. The molecule has 0 aliphatic heterocycles. The Balaban J connectivity index is 1.57. The Morgan fingerprint density at radius 1 is 1.06 bits per heavy atom. The van der Waals surface area contributed by atoms with Gasteiger partial charge >= 0.3 is 0 Å². The molecule has 4 aliphatic carbocycles. The summed E-state index contributed by atoms with van der Waals surface area (Å²) in [5, 5.41) is 21.6.